The van der Waals surface area contributed by atoms with Crippen LogP contribution >= 0.6 is 0 Å². The lowest BCUT2D eigenvalue weighted by atomic mass is 9.49. The number of carbonyl (C=O) groups excluding carboxylic acids is 1. The molecule has 10 heteroatoms. The highest BCUT2D eigenvalue weighted by molar-refractivity contribution is 5.73. The minimum atomic E-state index is -5.08. The maximum absolute atomic E-state index is 12.3. The van der Waals surface area contributed by atoms with E-state index in [-0.39, 0.29) is 16.8 Å². The number of esters is 1. The second-order valence-corrected chi connectivity index (χ2v) is 13.3. The Bertz CT molecular complexity index is 1470. The molecule has 8 rings (SSSR count). The molecular weight excluding hydrogens is 571 g/mol. The lowest BCUT2D eigenvalue weighted by Crippen LogP contribution is -2.50. The zero-order chi connectivity index (χ0) is 31.1. The van der Waals surface area contributed by atoms with E-state index in [2.05, 4.69) is 59.2 Å². The number of aliphatic carboxylic acids is 1. The number of nitrogens with zero attached hydrogens (tertiary/aromatic N) is 3. The first-order valence-corrected chi connectivity index (χ1v) is 15.5. The summed E-state index contributed by atoms with van der Waals surface area (Å²) in [5.41, 5.74) is 3.85. The number of carboxylic acid groups (broad SMARTS) is 1. The van der Waals surface area contributed by atoms with Crippen LogP contribution in [-0.4, -0.2) is 45.1 Å². The second kappa shape index (κ2) is 11.7. The molecule has 1 aromatic heterocycles. The van der Waals surface area contributed by atoms with Crippen LogP contribution in [0.5, 0.6) is 0 Å². The first-order chi connectivity index (χ1) is 21.0. The summed E-state index contributed by atoms with van der Waals surface area (Å²) in [5.74, 6) is 2.13. The third kappa shape index (κ3) is 5.87. The Hall–Kier alpha value is -3.69. The van der Waals surface area contributed by atoms with Crippen molar-refractivity contribution in [3.05, 3.63) is 71.8 Å². The number of hydrogen-bond acceptors (Lipinski definition) is 5. The molecule has 0 radical (unpaired) electrons. The van der Waals surface area contributed by atoms with Gasteiger partial charge in [-0.25, -0.2) is 4.79 Å². The number of aryl methyl sites for hydroxylation is 1. The van der Waals surface area contributed by atoms with Crippen LogP contribution in [0.3, 0.4) is 0 Å². The van der Waals surface area contributed by atoms with Crippen molar-refractivity contribution in [2.24, 2.45) is 17.8 Å². The molecule has 5 aliphatic rings. The van der Waals surface area contributed by atoms with E-state index in [4.69, 9.17) is 24.8 Å². The average molecular weight is 610 g/mol. The summed E-state index contributed by atoms with van der Waals surface area (Å²) < 4.78 is 39.3. The Morgan fingerprint density at radius 2 is 1.50 bits per heavy atom. The summed E-state index contributed by atoms with van der Waals surface area (Å²) in [6, 6.07) is 19.6. The van der Waals surface area contributed by atoms with Gasteiger partial charge in [0.2, 0.25) is 0 Å². The predicted octanol–water partition coefficient (Wildman–Crippen LogP) is 6.88. The Morgan fingerprint density at radius 3 is 2.05 bits per heavy atom. The van der Waals surface area contributed by atoms with Gasteiger partial charge in [0.1, 0.15) is 11.6 Å². The van der Waals surface area contributed by atoms with Crippen LogP contribution in [-0.2, 0) is 38.1 Å². The number of benzene rings is 2. The van der Waals surface area contributed by atoms with E-state index in [0.29, 0.717) is 6.42 Å². The first-order valence-electron chi connectivity index (χ1n) is 15.5. The fraction of sp³-hybridized carbons (Fsp3) is 0.529. The number of halogens is 3. The average Bonchev–Trinajstić information content (AvgIpc) is 3.43. The molecular formula is C34H38F3N3O4. The van der Waals surface area contributed by atoms with Crippen molar-refractivity contribution in [2.75, 3.05) is 7.11 Å². The largest absolute Gasteiger partial charge is 0.490 e. The molecule has 0 spiro atoms. The third-order valence-electron chi connectivity index (χ3n) is 10.5. The molecule has 44 heavy (non-hydrogen) atoms. The minimum Gasteiger partial charge on any atom is -0.475 e. The van der Waals surface area contributed by atoms with Crippen molar-refractivity contribution in [3.8, 4) is 11.1 Å². The molecule has 1 atom stereocenters. The molecule has 1 unspecified atom stereocenters. The summed E-state index contributed by atoms with van der Waals surface area (Å²) in [6.45, 7) is 0.855. The summed E-state index contributed by atoms with van der Waals surface area (Å²) >= 11 is 0. The molecule has 4 saturated carbocycles. The lowest BCUT2D eigenvalue weighted by Gasteiger charge is -2.56. The van der Waals surface area contributed by atoms with Crippen molar-refractivity contribution in [2.45, 2.75) is 87.8 Å². The zero-order valence-electron chi connectivity index (χ0n) is 24.9. The van der Waals surface area contributed by atoms with Gasteiger partial charge in [0.15, 0.2) is 0 Å². The minimum absolute atomic E-state index is 0.129. The van der Waals surface area contributed by atoms with Crippen molar-refractivity contribution < 1.29 is 32.6 Å². The van der Waals surface area contributed by atoms with Crippen LogP contribution in [0.4, 0.5) is 13.2 Å². The number of ether oxygens (including phenoxy) is 1. The normalized spacial score (nSPS) is 28.5. The standard InChI is InChI=1S/C32H37N3O2.C2HF3O2/c1-37-29(36)12-14-31(27-9-7-26(8-10-27)25-5-3-2-4-6-25)13-11-28-33-34-30(35(28)21-31)32-18-22-15-23(19-32)17-24(16-22)20-32;3-2(4,5)1(6)7/h2-10,22-24H,11-21H2,1H3;(H,6,7). The van der Waals surface area contributed by atoms with Gasteiger partial charge in [-0.3, -0.25) is 4.79 Å². The van der Waals surface area contributed by atoms with Crippen molar-refractivity contribution in [1.82, 2.24) is 14.8 Å². The smallest absolute Gasteiger partial charge is 0.475 e. The van der Waals surface area contributed by atoms with Gasteiger partial charge in [0, 0.05) is 30.2 Å². The van der Waals surface area contributed by atoms with Crippen molar-refractivity contribution in [3.63, 3.8) is 0 Å². The van der Waals surface area contributed by atoms with E-state index >= 15 is 0 Å². The molecule has 2 aromatic carbocycles. The van der Waals surface area contributed by atoms with E-state index in [1.807, 2.05) is 0 Å². The van der Waals surface area contributed by atoms with E-state index in [9.17, 15) is 18.0 Å². The predicted molar refractivity (Wildman–Crippen MR) is 157 cm³/mol. The highest BCUT2D eigenvalue weighted by atomic mass is 19.4. The number of alkyl halides is 3. The monoisotopic (exact) mass is 609 g/mol. The van der Waals surface area contributed by atoms with Gasteiger partial charge in [0.05, 0.1) is 7.11 Å². The van der Waals surface area contributed by atoms with Gasteiger partial charge in [-0.2, -0.15) is 13.2 Å². The van der Waals surface area contributed by atoms with Crippen molar-refractivity contribution >= 4 is 11.9 Å². The molecule has 4 bridgehead atoms. The summed E-state index contributed by atoms with van der Waals surface area (Å²) in [7, 11) is 1.49. The topological polar surface area (TPSA) is 94.3 Å². The number of rotatable bonds is 6. The van der Waals surface area contributed by atoms with E-state index in [1.165, 1.54) is 68.1 Å². The highest BCUT2D eigenvalue weighted by Crippen LogP contribution is 2.60. The van der Waals surface area contributed by atoms with Gasteiger partial charge >= 0.3 is 18.1 Å². The number of hydrogen-bond donors (Lipinski definition) is 1. The van der Waals surface area contributed by atoms with Crippen LogP contribution in [0.15, 0.2) is 54.6 Å². The fourth-order valence-corrected chi connectivity index (χ4v) is 8.87. The summed E-state index contributed by atoms with van der Waals surface area (Å²) in [4.78, 5) is 21.2. The van der Waals surface area contributed by atoms with Crippen molar-refractivity contribution in [1.29, 1.82) is 0 Å². The third-order valence-corrected chi connectivity index (χ3v) is 10.5. The zero-order valence-corrected chi connectivity index (χ0v) is 24.9. The number of methoxy groups -OCH3 is 1. The highest BCUT2D eigenvalue weighted by Gasteiger charge is 2.54. The second-order valence-electron chi connectivity index (χ2n) is 13.3. The van der Waals surface area contributed by atoms with E-state index in [1.54, 1.807) is 0 Å². The van der Waals surface area contributed by atoms with Gasteiger partial charge in [0.25, 0.3) is 0 Å². The van der Waals surface area contributed by atoms with Crippen LogP contribution in [0.1, 0.15) is 75.0 Å². The molecule has 3 aromatic rings. The van der Waals surface area contributed by atoms with Gasteiger partial charge < -0.3 is 14.4 Å². The number of carboxylic acids is 1. The summed E-state index contributed by atoms with van der Waals surface area (Å²) in [5, 5.41) is 16.8. The van der Waals surface area contributed by atoms with E-state index in [0.717, 1.165) is 49.4 Å². The number of fused-ring (bicyclic) bond motifs is 1. The molecule has 1 N–H and O–H groups in total. The van der Waals surface area contributed by atoms with Crippen LogP contribution in [0, 0.1) is 17.8 Å². The Labute approximate surface area is 254 Å². The molecule has 234 valence electrons. The molecule has 0 saturated heterocycles. The Morgan fingerprint density at radius 1 is 0.932 bits per heavy atom. The summed E-state index contributed by atoms with van der Waals surface area (Å²) in [6.07, 6.45) is 6.16. The quantitative estimate of drug-likeness (QED) is 0.306. The molecule has 7 nitrogen and oxygen atoms in total. The Balaban J connectivity index is 0.000000441. The maximum Gasteiger partial charge on any atom is 0.490 e. The first kappa shape index (κ1) is 30.3. The molecule has 1 aliphatic heterocycles. The number of aromatic nitrogens is 3. The molecule has 2 heterocycles. The molecule has 4 fully saturated rings. The Kier molecular flexibility index (Phi) is 8.05. The lowest BCUT2D eigenvalue weighted by molar-refractivity contribution is -0.192. The van der Waals surface area contributed by atoms with E-state index < -0.39 is 12.1 Å². The van der Waals surface area contributed by atoms with Gasteiger partial charge in [-0.05, 0) is 85.8 Å². The molecule has 4 aliphatic carbocycles. The molecule has 0 amide bonds. The number of carbonyl (C=O) groups is 2. The SMILES string of the molecule is COC(=O)CCC1(c2ccc(-c3ccccc3)cc2)CCc2nnc(C34CC5CC(CC(C5)C3)C4)n2C1.O=C(O)C(F)(F)F. The van der Waals surface area contributed by atoms with Gasteiger partial charge in [-0.1, -0.05) is 54.6 Å². The van der Waals surface area contributed by atoms with Crippen LogP contribution < -0.4 is 0 Å². The van der Waals surface area contributed by atoms with Crippen LogP contribution in [0.2, 0.25) is 0 Å². The maximum atomic E-state index is 12.3. The fourth-order valence-electron chi connectivity index (χ4n) is 8.87. The van der Waals surface area contributed by atoms with Gasteiger partial charge in [-0.15, -0.1) is 10.2 Å². The van der Waals surface area contributed by atoms with Crippen LogP contribution in [0.25, 0.3) is 11.1 Å².